The van der Waals surface area contributed by atoms with Crippen LogP contribution in [-0.2, 0) is 11.2 Å². The third-order valence-electron chi connectivity index (χ3n) is 3.21. The molecular weight excluding hydrogens is 232 g/mol. The van der Waals surface area contributed by atoms with Gasteiger partial charge in [0.1, 0.15) is 0 Å². The van der Waals surface area contributed by atoms with Crippen molar-refractivity contribution in [3.63, 3.8) is 0 Å². The van der Waals surface area contributed by atoms with Crippen LogP contribution in [0.2, 0.25) is 0 Å². The van der Waals surface area contributed by atoms with Crippen molar-refractivity contribution in [3.8, 4) is 0 Å². The SMILES string of the molecule is NC(Cc1ccccc1)C(=O)N1CCCC1(O)O. The van der Waals surface area contributed by atoms with E-state index in [1.165, 1.54) is 0 Å². The summed E-state index contributed by atoms with van der Waals surface area (Å²) >= 11 is 0. The van der Waals surface area contributed by atoms with Gasteiger partial charge in [-0.1, -0.05) is 30.3 Å². The monoisotopic (exact) mass is 250 g/mol. The number of amides is 1. The van der Waals surface area contributed by atoms with E-state index in [0.717, 1.165) is 10.5 Å². The van der Waals surface area contributed by atoms with Crippen LogP contribution in [-0.4, -0.2) is 39.5 Å². The van der Waals surface area contributed by atoms with Gasteiger partial charge >= 0.3 is 0 Å². The summed E-state index contributed by atoms with van der Waals surface area (Å²) in [4.78, 5) is 13.1. The molecule has 1 amide bonds. The maximum atomic E-state index is 12.0. The first-order chi connectivity index (χ1) is 8.50. The molecule has 1 aliphatic rings. The highest BCUT2D eigenvalue weighted by molar-refractivity contribution is 5.82. The number of carbonyl (C=O) groups is 1. The van der Waals surface area contributed by atoms with Crippen molar-refractivity contribution in [3.05, 3.63) is 35.9 Å². The Balaban J connectivity index is 2.01. The van der Waals surface area contributed by atoms with Crippen LogP contribution in [0.4, 0.5) is 0 Å². The fourth-order valence-electron chi connectivity index (χ4n) is 2.23. The molecule has 1 fully saturated rings. The number of rotatable bonds is 3. The second-order valence-electron chi connectivity index (χ2n) is 4.66. The zero-order valence-electron chi connectivity index (χ0n) is 10.1. The van der Waals surface area contributed by atoms with Gasteiger partial charge in [-0.25, -0.2) is 0 Å². The summed E-state index contributed by atoms with van der Waals surface area (Å²) in [6.07, 6.45) is 1.15. The van der Waals surface area contributed by atoms with E-state index in [1.54, 1.807) is 0 Å². The third kappa shape index (κ3) is 2.69. The van der Waals surface area contributed by atoms with Crippen molar-refractivity contribution < 1.29 is 15.0 Å². The standard InChI is InChI=1S/C13H18N2O3/c14-11(9-10-5-2-1-3-6-10)12(16)15-8-4-7-13(15,17)18/h1-3,5-6,11,17-18H,4,7-9,14H2. The van der Waals surface area contributed by atoms with Crippen LogP contribution in [0.1, 0.15) is 18.4 Å². The Kier molecular flexibility index (Phi) is 3.65. The smallest absolute Gasteiger partial charge is 0.248 e. The fraction of sp³-hybridized carbons (Fsp3) is 0.462. The molecular formula is C13H18N2O3. The zero-order valence-corrected chi connectivity index (χ0v) is 10.1. The normalized spacial score (nSPS) is 19.8. The minimum atomic E-state index is -2.04. The van der Waals surface area contributed by atoms with Crippen LogP contribution in [0.3, 0.4) is 0 Å². The van der Waals surface area contributed by atoms with E-state index in [2.05, 4.69) is 0 Å². The summed E-state index contributed by atoms with van der Waals surface area (Å²) < 4.78 is 0. The molecule has 0 saturated carbocycles. The van der Waals surface area contributed by atoms with Crippen molar-refractivity contribution in [2.75, 3.05) is 6.54 Å². The first kappa shape index (κ1) is 13.0. The average molecular weight is 250 g/mol. The van der Waals surface area contributed by atoms with Gasteiger partial charge in [-0.3, -0.25) is 9.69 Å². The predicted octanol–water partition coefficient (Wildman–Crippen LogP) is -0.183. The molecule has 1 aromatic carbocycles. The van der Waals surface area contributed by atoms with E-state index in [4.69, 9.17) is 5.73 Å². The highest BCUT2D eigenvalue weighted by Crippen LogP contribution is 2.24. The Bertz CT molecular complexity index is 420. The van der Waals surface area contributed by atoms with Gasteiger partial charge in [-0.2, -0.15) is 0 Å². The average Bonchev–Trinajstić information content (AvgIpc) is 2.69. The lowest BCUT2D eigenvalue weighted by Gasteiger charge is -2.30. The molecule has 0 aromatic heterocycles. The molecule has 1 aliphatic heterocycles. The number of nitrogens with zero attached hydrogens (tertiary/aromatic N) is 1. The maximum absolute atomic E-state index is 12.0. The first-order valence-electron chi connectivity index (χ1n) is 6.06. The summed E-state index contributed by atoms with van der Waals surface area (Å²) in [5, 5.41) is 19.3. The molecule has 5 heteroatoms. The minimum absolute atomic E-state index is 0.177. The molecule has 5 nitrogen and oxygen atoms in total. The van der Waals surface area contributed by atoms with Crippen molar-refractivity contribution in [2.45, 2.75) is 31.2 Å². The van der Waals surface area contributed by atoms with Crippen molar-refractivity contribution in [1.82, 2.24) is 4.90 Å². The lowest BCUT2D eigenvalue weighted by Crippen LogP contribution is -2.53. The van der Waals surface area contributed by atoms with Crippen LogP contribution in [0.25, 0.3) is 0 Å². The van der Waals surface area contributed by atoms with Gasteiger partial charge in [0.15, 0.2) is 0 Å². The Hall–Kier alpha value is -1.43. The number of nitrogens with two attached hydrogens (primary N) is 1. The number of hydrogen-bond donors (Lipinski definition) is 3. The third-order valence-corrected chi connectivity index (χ3v) is 3.21. The topological polar surface area (TPSA) is 86.8 Å². The molecule has 1 atom stereocenters. The van der Waals surface area contributed by atoms with Crippen LogP contribution < -0.4 is 5.73 Å². The maximum Gasteiger partial charge on any atom is 0.248 e. The Morgan fingerprint density at radius 3 is 2.61 bits per heavy atom. The summed E-state index contributed by atoms with van der Waals surface area (Å²) in [5.74, 6) is -2.45. The summed E-state index contributed by atoms with van der Waals surface area (Å²) in [5.41, 5.74) is 6.79. The minimum Gasteiger partial charge on any atom is -0.349 e. The van der Waals surface area contributed by atoms with E-state index in [1.807, 2.05) is 30.3 Å². The largest absolute Gasteiger partial charge is 0.349 e. The Morgan fingerprint density at radius 2 is 2.06 bits per heavy atom. The van der Waals surface area contributed by atoms with E-state index < -0.39 is 17.9 Å². The molecule has 1 unspecified atom stereocenters. The van der Waals surface area contributed by atoms with Crippen molar-refractivity contribution in [2.24, 2.45) is 5.73 Å². The summed E-state index contributed by atoms with van der Waals surface area (Å²) in [6.45, 7) is 0.342. The molecule has 2 rings (SSSR count). The quantitative estimate of drug-likeness (QED) is 0.649. The molecule has 1 saturated heterocycles. The molecule has 1 aromatic rings. The first-order valence-corrected chi connectivity index (χ1v) is 6.06. The molecule has 0 radical (unpaired) electrons. The number of aliphatic hydroxyl groups is 2. The van der Waals surface area contributed by atoms with Crippen LogP contribution >= 0.6 is 0 Å². The molecule has 0 spiro atoms. The van der Waals surface area contributed by atoms with Gasteiger partial charge in [0.05, 0.1) is 6.04 Å². The lowest BCUT2D eigenvalue weighted by molar-refractivity contribution is -0.240. The highest BCUT2D eigenvalue weighted by atomic mass is 16.5. The Morgan fingerprint density at radius 1 is 1.39 bits per heavy atom. The molecule has 1 heterocycles. The Labute approximate surface area is 106 Å². The van der Waals surface area contributed by atoms with Crippen molar-refractivity contribution >= 4 is 5.91 Å². The number of likely N-dealkylation sites (tertiary alicyclic amines) is 1. The van der Waals surface area contributed by atoms with Gasteiger partial charge in [-0.15, -0.1) is 0 Å². The second-order valence-corrected chi connectivity index (χ2v) is 4.66. The highest BCUT2D eigenvalue weighted by Gasteiger charge is 2.41. The van der Waals surface area contributed by atoms with Crippen LogP contribution in [0, 0.1) is 0 Å². The van der Waals surface area contributed by atoms with Crippen LogP contribution in [0.5, 0.6) is 0 Å². The van der Waals surface area contributed by atoms with Gasteiger partial charge in [0.2, 0.25) is 11.8 Å². The molecule has 0 bridgehead atoms. The van der Waals surface area contributed by atoms with E-state index >= 15 is 0 Å². The van der Waals surface area contributed by atoms with Gasteiger partial charge in [-0.05, 0) is 18.4 Å². The predicted molar refractivity (Wildman–Crippen MR) is 66.2 cm³/mol. The number of carbonyl (C=O) groups excluding carboxylic acids is 1. The van der Waals surface area contributed by atoms with Gasteiger partial charge in [0, 0.05) is 13.0 Å². The lowest BCUT2D eigenvalue weighted by atomic mass is 10.1. The summed E-state index contributed by atoms with van der Waals surface area (Å²) in [6, 6.07) is 8.69. The molecule has 98 valence electrons. The molecule has 18 heavy (non-hydrogen) atoms. The van der Waals surface area contributed by atoms with Crippen LogP contribution in [0.15, 0.2) is 30.3 Å². The van der Waals surface area contributed by atoms with E-state index in [0.29, 0.717) is 19.4 Å². The number of benzene rings is 1. The summed E-state index contributed by atoms with van der Waals surface area (Å²) in [7, 11) is 0. The molecule has 0 aliphatic carbocycles. The molecule has 4 N–H and O–H groups in total. The van der Waals surface area contributed by atoms with Gasteiger partial charge < -0.3 is 15.9 Å². The van der Waals surface area contributed by atoms with E-state index in [-0.39, 0.29) is 6.42 Å². The second kappa shape index (κ2) is 5.06. The van der Waals surface area contributed by atoms with E-state index in [9.17, 15) is 15.0 Å². The zero-order chi connectivity index (χ0) is 13.2. The van der Waals surface area contributed by atoms with Gasteiger partial charge in [0.25, 0.3) is 0 Å². The fourth-order valence-corrected chi connectivity index (χ4v) is 2.23. The number of hydrogen-bond acceptors (Lipinski definition) is 4. The van der Waals surface area contributed by atoms with Crippen molar-refractivity contribution in [1.29, 1.82) is 0 Å².